The molecule has 0 rings (SSSR count). The van der Waals surface area contributed by atoms with Crippen LogP contribution in [0.2, 0.25) is 0 Å². The molecule has 2 amide bonds. The van der Waals surface area contributed by atoms with Crippen molar-refractivity contribution in [2.75, 3.05) is 20.8 Å². The van der Waals surface area contributed by atoms with Gasteiger partial charge in [0.25, 0.3) is 0 Å². The third-order valence-corrected chi connectivity index (χ3v) is 1.46. The number of rotatable bonds is 4. The largest absolute Gasteiger partial charge is 0.354 e. The van der Waals surface area contributed by atoms with Crippen LogP contribution in [0.4, 0.5) is 4.79 Å². The number of methoxy groups -OCH3 is 2. The van der Waals surface area contributed by atoms with Crippen molar-refractivity contribution in [3.05, 3.63) is 0 Å². The van der Waals surface area contributed by atoms with Crippen molar-refractivity contribution in [1.29, 1.82) is 0 Å². The van der Waals surface area contributed by atoms with Gasteiger partial charge >= 0.3 is 6.03 Å². The lowest BCUT2D eigenvalue weighted by atomic mass is 10.6. The van der Waals surface area contributed by atoms with E-state index in [-0.39, 0.29) is 6.54 Å². The van der Waals surface area contributed by atoms with Gasteiger partial charge in [-0.05, 0) is 0 Å². The molecular formula is C5H12N2O3S. The molecule has 0 aliphatic carbocycles. The molecule has 5 nitrogen and oxygen atoms in total. The van der Waals surface area contributed by atoms with Gasteiger partial charge in [0.05, 0.1) is 6.54 Å². The SMILES string of the molecule is COC(CN(S)C(N)=O)OC. The maximum Gasteiger partial charge on any atom is 0.324 e. The summed E-state index contributed by atoms with van der Waals surface area (Å²) in [7, 11) is 2.94. The van der Waals surface area contributed by atoms with Crippen molar-refractivity contribution < 1.29 is 14.3 Å². The predicted octanol–water partition coefficient (Wildman–Crippen LogP) is -0.169. The first kappa shape index (κ1) is 10.5. The molecule has 0 radical (unpaired) electrons. The summed E-state index contributed by atoms with van der Waals surface area (Å²) >= 11 is 3.77. The second-order valence-electron chi connectivity index (χ2n) is 1.82. The van der Waals surface area contributed by atoms with Gasteiger partial charge in [-0.15, -0.1) is 0 Å². The van der Waals surface area contributed by atoms with Crippen LogP contribution in [0, 0.1) is 0 Å². The Bertz CT molecular complexity index is 129. The van der Waals surface area contributed by atoms with Gasteiger partial charge in [-0.3, -0.25) is 4.31 Å². The zero-order valence-corrected chi connectivity index (χ0v) is 7.38. The lowest BCUT2D eigenvalue weighted by Gasteiger charge is -2.18. The Kier molecular flexibility index (Phi) is 5.01. The van der Waals surface area contributed by atoms with Crippen LogP contribution >= 0.6 is 12.8 Å². The van der Waals surface area contributed by atoms with E-state index < -0.39 is 12.3 Å². The van der Waals surface area contributed by atoms with Crippen LogP contribution < -0.4 is 5.73 Å². The summed E-state index contributed by atoms with van der Waals surface area (Å²) in [4.78, 5) is 10.4. The smallest absolute Gasteiger partial charge is 0.324 e. The third-order valence-electron chi connectivity index (χ3n) is 1.10. The number of amides is 2. The minimum absolute atomic E-state index is 0.200. The number of ether oxygens (including phenoxy) is 2. The Labute approximate surface area is 71.0 Å². The standard InChI is InChI=1S/C5H12N2O3S/c1-9-4(10-2)3-7(11)5(6)8/h4,11H,3H2,1-2H3,(H2,6,8). The normalized spacial score (nSPS) is 10.2. The lowest BCUT2D eigenvalue weighted by Crippen LogP contribution is -2.35. The Morgan fingerprint density at radius 1 is 1.64 bits per heavy atom. The molecule has 0 saturated carbocycles. The van der Waals surface area contributed by atoms with Crippen molar-refractivity contribution >= 4 is 18.8 Å². The van der Waals surface area contributed by atoms with E-state index in [0.29, 0.717) is 0 Å². The topological polar surface area (TPSA) is 64.8 Å². The van der Waals surface area contributed by atoms with Crippen molar-refractivity contribution in [3.63, 3.8) is 0 Å². The molecule has 2 N–H and O–H groups in total. The van der Waals surface area contributed by atoms with Gasteiger partial charge in [0.15, 0.2) is 6.29 Å². The van der Waals surface area contributed by atoms with Gasteiger partial charge in [-0.2, -0.15) is 0 Å². The van der Waals surface area contributed by atoms with E-state index >= 15 is 0 Å². The summed E-state index contributed by atoms with van der Waals surface area (Å²) in [6, 6.07) is -0.632. The van der Waals surface area contributed by atoms with Crippen molar-refractivity contribution in [2.24, 2.45) is 5.73 Å². The lowest BCUT2D eigenvalue weighted by molar-refractivity contribution is -0.104. The molecule has 6 heteroatoms. The second-order valence-corrected chi connectivity index (χ2v) is 2.30. The van der Waals surface area contributed by atoms with Crippen molar-refractivity contribution in [1.82, 2.24) is 4.31 Å². The Balaban J connectivity index is 3.71. The van der Waals surface area contributed by atoms with Crippen LogP contribution in [0.5, 0.6) is 0 Å². The van der Waals surface area contributed by atoms with Crippen LogP contribution in [0.3, 0.4) is 0 Å². The van der Waals surface area contributed by atoms with Crippen LogP contribution in [0.25, 0.3) is 0 Å². The molecule has 0 aromatic heterocycles. The second kappa shape index (κ2) is 5.22. The number of carbonyl (C=O) groups excluding carboxylic acids is 1. The van der Waals surface area contributed by atoms with Gasteiger partial charge in [-0.25, -0.2) is 4.79 Å². The van der Waals surface area contributed by atoms with Gasteiger partial charge in [0.1, 0.15) is 0 Å². The molecule has 0 heterocycles. The van der Waals surface area contributed by atoms with E-state index in [1.54, 1.807) is 0 Å². The fourth-order valence-electron chi connectivity index (χ4n) is 0.476. The Morgan fingerprint density at radius 2 is 2.09 bits per heavy atom. The maximum absolute atomic E-state index is 10.4. The molecule has 0 fully saturated rings. The van der Waals surface area contributed by atoms with Gasteiger partial charge in [0.2, 0.25) is 0 Å². The molecule has 0 aromatic rings. The van der Waals surface area contributed by atoms with Crippen molar-refractivity contribution in [3.8, 4) is 0 Å². The molecule has 0 bridgehead atoms. The van der Waals surface area contributed by atoms with E-state index in [9.17, 15) is 4.79 Å². The third kappa shape index (κ3) is 4.07. The van der Waals surface area contributed by atoms with Gasteiger partial charge < -0.3 is 15.2 Å². The Hall–Kier alpha value is -0.460. The molecule has 0 aliphatic rings. The molecule has 11 heavy (non-hydrogen) atoms. The number of thiol groups is 1. The monoisotopic (exact) mass is 180 g/mol. The van der Waals surface area contributed by atoms with Crippen LogP contribution in [0.15, 0.2) is 0 Å². The number of hydrogen-bond donors (Lipinski definition) is 2. The summed E-state index contributed by atoms with van der Waals surface area (Å²) in [5, 5.41) is 0. The highest BCUT2D eigenvalue weighted by molar-refractivity contribution is 7.78. The maximum atomic E-state index is 10.4. The van der Waals surface area contributed by atoms with E-state index in [1.165, 1.54) is 14.2 Å². The van der Waals surface area contributed by atoms with E-state index in [1.807, 2.05) is 0 Å². The first-order valence-electron chi connectivity index (χ1n) is 2.93. The number of hydrogen-bond acceptors (Lipinski definition) is 4. The van der Waals surface area contributed by atoms with Crippen LogP contribution in [0.1, 0.15) is 0 Å². The molecule has 0 aromatic carbocycles. The fourth-order valence-corrected chi connectivity index (χ4v) is 0.610. The zero-order chi connectivity index (χ0) is 8.85. The molecule has 0 spiro atoms. The quantitative estimate of drug-likeness (QED) is 0.466. The summed E-state index contributed by atoms with van der Waals surface area (Å²) in [6.45, 7) is 0.200. The Morgan fingerprint density at radius 3 is 2.36 bits per heavy atom. The molecule has 0 unspecified atom stereocenters. The summed E-state index contributed by atoms with van der Waals surface area (Å²) < 4.78 is 10.6. The highest BCUT2D eigenvalue weighted by Gasteiger charge is 2.12. The fraction of sp³-hybridized carbons (Fsp3) is 0.800. The van der Waals surface area contributed by atoms with Crippen molar-refractivity contribution in [2.45, 2.75) is 6.29 Å². The highest BCUT2D eigenvalue weighted by atomic mass is 32.1. The molecule has 66 valence electrons. The molecular weight excluding hydrogens is 168 g/mol. The number of nitrogens with two attached hydrogens (primary N) is 1. The molecule has 0 saturated heterocycles. The molecule has 0 atom stereocenters. The van der Waals surface area contributed by atoms with Gasteiger partial charge in [-0.1, -0.05) is 12.8 Å². The average molecular weight is 180 g/mol. The average Bonchev–Trinajstić information content (AvgIpc) is 1.99. The van der Waals surface area contributed by atoms with Crippen LogP contribution in [-0.2, 0) is 9.47 Å². The van der Waals surface area contributed by atoms with E-state index in [0.717, 1.165) is 4.31 Å². The highest BCUT2D eigenvalue weighted by Crippen LogP contribution is 1.98. The first-order valence-corrected chi connectivity index (χ1v) is 3.33. The summed E-state index contributed by atoms with van der Waals surface area (Å²) in [6.07, 6.45) is -0.486. The minimum atomic E-state index is -0.632. The first-order chi connectivity index (χ1) is 5.11. The minimum Gasteiger partial charge on any atom is -0.354 e. The zero-order valence-electron chi connectivity index (χ0n) is 6.48. The van der Waals surface area contributed by atoms with Crippen LogP contribution in [-0.4, -0.2) is 37.4 Å². The molecule has 0 aliphatic heterocycles. The van der Waals surface area contributed by atoms with Gasteiger partial charge in [0, 0.05) is 14.2 Å². The number of primary amides is 1. The predicted molar refractivity (Wildman–Crippen MR) is 43.1 cm³/mol. The van der Waals surface area contributed by atoms with E-state index in [4.69, 9.17) is 15.2 Å². The summed E-state index contributed by atoms with van der Waals surface area (Å²) in [5.41, 5.74) is 4.89. The summed E-state index contributed by atoms with van der Waals surface area (Å²) in [5.74, 6) is 0. The van der Waals surface area contributed by atoms with E-state index in [2.05, 4.69) is 12.8 Å². The number of urea groups is 1. The number of nitrogens with zero attached hydrogens (tertiary/aromatic N) is 1. The number of carbonyl (C=O) groups is 1.